The van der Waals surface area contributed by atoms with E-state index in [1.807, 2.05) is 6.92 Å². The lowest BCUT2D eigenvalue weighted by molar-refractivity contribution is 0.274. The van der Waals surface area contributed by atoms with Gasteiger partial charge in [0.15, 0.2) is 5.43 Å². The fourth-order valence-corrected chi connectivity index (χ4v) is 3.69. The number of benzene rings is 1. The molecule has 1 aromatic carbocycles. The molecule has 0 saturated heterocycles. The van der Waals surface area contributed by atoms with Gasteiger partial charge in [-0.3, -0.25) is 9.78 Å². The van der Waals surface area contributed by atoms with Crippen LogP contribution in [-0.4, -0.2) is 26.4 Å². The molecule has 3 aromatic rings. The number of hydrogen-bond acceptors (Lipinski definition) is 4. The maximum atomic E-state index is 12.8. The first kappa shape index (κ1) is 18.9. The summed E-state index contributed by atoms with van der Waals surface area (Å²) in [7, 11) is 0. The van der Waals surface area contributed by atoms with Gasteiger partial charge >= 0.3 is 0 Å². The largest absolute Gasteiger partial charge is 0.396 e. The third-order valence-electron chi connectivity index (χ3n) is 4.26. The van der Waals surface area contributed by atoms with E-state index in [2.05, 4.69) is 4.98 Å². The predicted molar refractivity (Wildman–Crippen MR) is 103 cm³/mol. The summed E-state index contributed by atoms with van der Waals surface area (Å²) in [6.07, 6.45) is 2.65. The lowest BCUT2D eigenvalue weighted by Gasteiger charge is -2.20. The molecule has 0 radical (unpaired) electrons. The van der Waals surface area contributed by atoms with Crippen LogP contribution in [0.4, 0.5) is 0 Å². The molecule has 0 aliphatic rings. The van der Waals surface area contributed by atoms with Crippen LogP contribution in [0, 0.1) is 6.92 Å². The number of aryl methyl sites for hydroxylation is 2. The Bertz CT molecular complexity index is 1010. The third kappa shape index (κ3) is 3.23. The molecule has 3 rings (SSSR count). The monoisotopic (exact) mass is 392 g/mol. The van der Waals surface area contributed by atoms with Crippen molar-refractivity contribution in [3.8, 4) is 5.69 Å². The predicted octanol–water partition coefficient (Wildman–Crippen LogP) is 3.42. The zero-order valence-corrected chi connectivity index (χ0v) is 15.7. The second-order valence-electron chi connectivity index (χ2n) is 6.00. The molecule has 136 valence electrons. The number of rotatable bonds is 5. The van der Waals surface area contributed by atoms with Gasteiger partial charge in [-0.2, -0.15) is 0 Å². The maximum Gasteiger partial charge on any atom is 0.191 e. The van der Waals surface area contributed by atoms with E-state index in [0.717, 1.165) is 5.56 Å². The fourth-order valence-electron chi connectivity index (χ4n) is 3.12. The van der Waals surface area contributed by atoms with Crippen molar-refractivity contribution in [3.05, 3.63) is 67.7 Å². The van der Waals surface area contributed by atoms with Crippen LogP contribution in [0.3, 0.4) is 0 Å². The van der Waals surface area contributed by atoms with Gasteiger partial charge in [0.05, 0.1) is 44.6 Å². The molecule has 7 heteroatoms. The van der Waals surface area contributed by atoms with Crippen LogP contribution in [0.5, 0.6) is 0 Å². The molecule has 0 atom stereocenters. The van der Waals surface area contributed by atoms with Crippen LogP contribution in [0.25, 0.3) is 16.6 Å². The molecule has 5 nitrogen and oxygen atoms in total. The summed E-state index contributed by atoms with van der Waals surface area (Å²) in [5, 5.41) is 20.3. The average molecular weight is 393 g/mol. The molecule has 0 aliphatic carbocycles. The van der Waals surface area contributed by atoms with Crippen molar-refractivity contribution in [2.45, 2.75) is 26.4 Å². The summed E-state index contributed by atoms with van der Waals surface area (Å²) in [6.45, 7) is 1.50. The normalized spacial score (nSPS) is 11.3. The Morgan fingerprint density at radius 3 is 2.50 bits per heavy atom. The molecule has 26 heavy (non-hydrogen) atoms. The Balaban J connectivity index is 2.49. The molecule has 0 saturated carbocycles. The number of halogens is 2. The first-order valence-electron chi connectivity index (χ1n) is 8.18. The number of aliphatic hydroxyl groups is 2. The van der Waals surface area contributed by atoms with Crippen LogP contribution in [0.2, 0.25) is 10.0 Å². The van der Waals surface area contributed by atoms with E-state index in [-0.39, 0.29) is 18.6 Å². The molecule has 2 N–H and O–H groups in total. The minimum Gasteiger partial charge on any atom is -0.396 e. The smallest absolute Gasteiger partial charge is 0.191 e. The van der Waals surface area contributed by atoms with Gasteiger partial charge in [-0.1, -0.05) is 29.3 Å². The molecular formula is C19H18Cl2N2O3. The Hall–Kier alpha value is -1.92. The van der Waals surface area contributed by atoms with E-state index in [9.17, 15) is 9.90 Å². The van der Waals surface area contributed by atoms with Gasteiger partial charge in [0.25, 0.3) is 0 Å². The first-order valence-corrected chi connectivity index (χ1v) is 8.94. The number of hydrogen-bond donors (Lipinski definition) is 2. The van der Waals surface area contributed by atoms with Crippen LogP contribution in [0.1, 0.15) is 23.4 Å². The van der Waals surface area contributed by atoms with E-state index >= 15 is 0 Å². The highest BCUT2D eigenvalue weighted by atomic mass is 35.5. The van der Waals surface area contributed by atoms with Crippen LogP contribution in [0.15, 0.2) is 35.3 Å². The molecule has 0 amide bonds. The molecule has 0 bridgehead atoms. The summed E-state index contributed by atoms with van der Waals surface area (Å²) in [4.78, 5) is 17.1. The fraction of sp³-hybridized carbons (Fsp3) is 0.263. The van der Waals surface area contributed by atoms with E-state index in [4.69, 9.17) is 28.3 Å². The molecule has 0 fully saturated rings. The number of aliphatic hydroxyl groups excluding tert-OH is 2. The second kappa shape index (κ2) is 7.76. The minimum absolute atomic E-state index is 0.0102. The van der Waals surface area contributed by atoms with E-state index in [0.29, 0.717) is 50.9 Å². The Kier molecular flexibility index (Phi) is 5.63. The Morgan fingerprint density at radius 2 is 1.88 bits per heavy atom. The van der Waals surface area contributed by atoms with Gasteiger partial charge in [0, 0.05) is 18.9 Å². The van der Waals surface area contributed by atoms with E-state index < -0.39 is 0 Å². The third-order valence-corrected chi connectivity index (χ3v) is 4.87. The van der Waals surface area contributed by atoms with Crippen molar-refractivity contribution in [3.63, 3.8) is 0 Å². The van der Waals surface area contributed by atoms with Crippen molar-refractivity contribution >= 4 is 34.1 Å². The van der Waals surface area contributed by atoms with Crippen LogP contribution in [-0.2, 0) is 13.0 Å². The van der Waals surface area contributed by atoms with E-state index in [1.165, 1.54) is 6.07 Å². The molecule has 0 spiro atoms. The Morgan fingerprint density at radius 1 is 1.19 bits per heavy atom. The van der Waals surface area contributed by atoms with Crippen molar-refractivity contribution < 1.29 is 10.2 Å². The first-order chi connectivity index (χ1) is 12.5. The van der Waals surface area contributed by atoms with Crippen molar-refractivity contribution in [2.75, 3.05) is 6.61 Å². The number of pyridine rings is 2. The highest BCUT2D eigenvalue weighted by Crippen LogP contribution is 2.33. The van der Waals surface area contributed by atoms with Gasteiger partial charge in [0.2, 0.25) is 0 Å². The van der Waals surface area contributed by atoms with Gasteiger partial charge in [-0.15, -0.1) is 0 Å². The van der Waals surface area contributed by atoms with Gasteiger partial charge < -0.3 is 14.8 Å². The molecule has 2 aromatic heterocycles. The highest BCUT2D eigenvalue weighted by molar-refractivity contribution is 6.37. The summed E-state index contributed by atoms with van der Waals surface area (Å²) in [5.74, 6) is 0. The standard InChI is InChI=1S/C19H18Cl2N2O3/c1-11-9-22-15(6-3-7-24)17-16(26)8-12(10-25)23(18(11)17)19-13(20)4-2-5-14(19)21/h2,4-5,8-9,24-25H,3,6-7,10H2,1H3. The average Bonchev–Trinajstić information content (AvgIpc) is 2.62. The number of para-hydroxylation sites is 1. The zero-order chi connectivity index (χ0) is 18.8. The lowest BCUT2D eigenvalue weighted by Crippen LogP contribution is -2.17. The minimum atomic E-state index is -0.347. The number of aromatic nitrogens is 2. The topological polar surface area (TPSA) is 75.3 Å². The molecule has 2 heterocycles. The summed E-state index contributed by atoms with van der Waals surface area (Å²) in [5.41, 5.74) is 2.64. The van der Waals surface area contributed by atoms with Crippen molar-refractivity contribution in [1.82, 2.24) is 9.55 Å². The Labute approximate surface area is 160 Å². The van der Waals surface area contributed by atoms with Gasteiger partial charge in [-0.25, -0.2) is 0 Å². The highest BCUT2D eigenvalue weighted by Gasteiger charge is 2.19. The summed E-state index contributed by atoms with van der Waals surface area (Å²) in [6, 6.07) is 6.53. The van der Waals surface area contributed by atoms with Crippen LogP contribution >= 0.6 is 23.2 Å². The van der Waals surface area contributed by atoms with Crippen molar-refractivity contribution in [1.29, 1.82) is 0 Å². The summed E-state index contributed by atoms with van der Waals surface area (Å²) < 4.78 is 1.72. The SMILES string of the molecule is Cc1cnc(CCCO)c2c(=O)cc(CO)n(-c3c(Cl)cccc3Cl)c12. The second-order valence-corrected chi connectivity index (χ2v) is 6.82. The van der Waals surface area contributed by atoms with Crippen LogP contribution < -0.4 is 5.43 Å². The summed E-state index contributed by atoms with van der Waals surface area (Å²) >= 11 is 12.8. The zero-order valence-electron chi connectivity index (χ0n) is 14.2. The van der Waals surface area contributed by atoms with Gasteiger partial charge in [-0.05, 0) is 37.5 Å². The number of fused-ring (bicyclic) bond motifs is 1. The van der Waals surface area contributed by atoms with E-state index in [1.54, 1.807) is 29.0 Å². The van der Waals surface area contributed by atoms with Gasteiger partial charge in [0.1, 0.15) is 0 Å². The number of nitrogens with zero attached hydrogens (tertiary/aromatic N) is 2. The lowest BCUT2D eigenvalue weighted by atomic mass is 10.1. The quantitative estimate of drug-likeness (QED) is 0.697. The van der Waals surface area contributed by atoms with Crippen molar-refractivity contribution in [2.24, 2.45) is 0 Å². The maximum absolute atomic E-state index is 12.8. The molecule has 0 aliphatic heterocycles. The molecule has 0 unspecified atom stereocenters. The molecular weight excluding hydrogens is 375 g/mol.